The summed E-state index contributed by atoms with van der Waals surface area (Å²) in [6, 6.07) is 30.1. The van der Waals surface area contributed by atoms with Gasteiger partial charge in [-0.3, -0.25) is 4.79 Å². The number of allylic oxidation sites excluding steroid dienone is 1. The van der Waals surface area contributed by atoms with Crippen molar-refractivity contribution in [2.45, 2.75) is 13.5 Å². The third-order valence-corrected chi connectivity index (χ3v) is 5.66. The number of hydrogen-bond acceptors (Lipinski definition) is 3. The maximum Gasteiger partial charge on any atom is 0.195 e. The van der Waals surface area contributed by atoms with Gasteiger partial charge in [-0.1, -0.05) is 90.5 Å². The van der Waals surface area contributed by atoms with Crippen LogP contribution in [0.25, 0.3) is 11.3 Å². The van der Waals surface area contributed by atoms with Gasteiger partial charge in [0.15, 0.2) is 5.78 Å². The van der Waals surface area contributed by atoms with E-state index in [-0.39, 0.29) is 5.78 Å². The molecule has 30 heavy (non-hydrogen) atoms. The summed E-state index contributed by atoms with van der Waals surface area (Å²) in [4.78, 5) is 13.6. The van der Waals surface area contributed by atoms with Crippen LogP contribution in [-0.2, 0) is 6.54 Å². The summed E-state index contributed by atoms with van der Waals surface area (Å²) in [6.45, 7) is 2.71. The predicted octanol–water partition coefficient (Wildman–Crippen LogP) is 6.60. The van der Waals surface area contributed by atoms with E-state index >= 15 is 0 Å². The summed E-state index contributed by atoms with van der Waals surface area (Å²) in [5.41, 5.74) is 6.52. The van der Waals surface area contributed by atoms with E-state index in [0.717, 1.165) is 16.8 Å². The lowest BCUT2D eigenvalue weighted by molar-refractivity contribution is 0.105. The molecule has 0 saturated heterocycles. The van der Waals surface area contributed by atoms with Gasteiger partial charge in [-0.2, -0.15) is 11.3 Å². The SMILES string of the molecule is Cc1ccc(/C(NCc2ccccc2)=C(\C(=O)c2ccccc2)c2ccsc2)cc1. The van der Waals surface area contributed by atoms with E-state index in [1.165, 1.54) is 11.1 Å². The first-order chi connectivity index (χ1) is 14.7. The Kier molecular flexibility index (Phi) is 6.21. The van der Waals surface area contributed by atoms with Gasteiger partial charge < -0.3 is 5.32 Å². The molecule has 0 fully saturated rings. The summed E-state index contributed by atoms with van der Waals surface area (Å²) in [6.07, 6.45) is 0. The van der Waals surface area contributed by atoms with Gasteiger partial charge in [0, 0.05) is 12.1 Å². The van der Waals surface area contributed by atoms with E-state index in [1.54, 1.807) is 11.3 Å². The molecule has 0 amide bonds. The van der Waals surface area contributed by atoms with Crippen LogP contribution in [0.4, 0.5) is 0 Å². The molecule has 0 unspecified atom stereocenters. The van der Waals surface area contributed by atoms with E-state index in [9.17, 15) is 4.79 Å². The Labute approximate surface area is 181 Å². The summed E-state index contributed by atoms with van der Waals surface area (Å²) in [5.74, 6) is 0.0186. The van der Waals surface area contributed by atoms with Crippen LogP contribution < -0.4 is 5.32 Å². The molecule has 3 aromatic carbocycles. The minimum absolute atomic E-state index is 0.0186. The highest BCUT2D eigenvalue weighted by molar-refractivity contribution is 7.08. The highest BCUT2D eigenvalue weighted by Crippen LogP contribution is 2.30. The van der Waals surface area contributed by atoms with Crippen molar-refractivity contribution in [3.8, 4) is 0 Å². The first-order valence-electron chi connectivity index (χ1n) is 9.94. The lowest BCUT2D eigenvalue weighted by atomic mass is 9.93. The van der Waals surface area contributed by atoms with Crippen molar-refractivity contribution >= 4 is 28.4 Å². The summed E-state index contributed by atoms with van der Waals surface area (Å²) >= 11 is 1.60. The average molecular weight is 410 g/mol. The van der Waals surface area contributed by atoms with Gasteiger partial charge in [0.25, 0.3) is 0 Å². The van der Waals surface area contributed by atoms with Crippen LogP contribution in [0.5, 0.6) is 0 Å². The largest absolute Gasteiger partial charge is 0.380 e. The fraction of sp³-hybridized carbons (Fsp3) is 0.0741. The maximum atomic E-state index is 13.6. The number of benzene rings is 3. The Balaban J connectivity index is 1.85. The van der Waals surface area contributed by atoms with Gasteiger partial charge >= 0.3 is 0 Å². The van der Waals surface area contributed by atoms with Gasteiger partial charge in [-0.05, 0) is 40.4 Å². The quantitative estimate of drug-likeness (QED) is 0.275. The zero-order valence-corrected chi connectivity index (χ0v) is 17.7. The van der Waals surface area contributed by atoms with Crippen molar-refractivity contribution < 1.29 is 4.79 Å². The molecule has 4 rings (SSSR count). The third-order valence-electron chi connectivity index (χ3n) is 4.98. The van der Waals surface area contributed by atoms with Crippen LogP contribution in [0.15, 0.2) is 102 Å². The molecular formula is C27H23NOS. The minimum atomic E-state index is 0.0186. The van der Waals surface area contributed by atoms with Crippen LogP contribution in [0.3, 0.4) is 0 Å². The Bertz CT molecular complexity index is 1130. The molecule has 1 heterocycles. The van der Waals surface area contributed by atoms with Gasteiger partial charge in [0.1, 0.15) is 0 Å². The minimum Gasteiger partial charge on any atom is -0.380 e. The molecule has 0 spiro atoms. The Morgan fingerprint density at radius 1 is 0.767 bits per heavy atom. The highest BCUT2D eigenvalue weighted by Gasteiger charge is 2.21. The van der Waals surface area contributed by atoms with Crippen molar-refractivity contribution in [3.63, 3.8) is 0 Å². The maximum absolute atomic E-state index is 13.6. The number of aryl methyl sites for hydroxylation is 1. The molecule has 148 valence electrons. The molecule has 1 N–H and O–H groups in total. The zero-order valence-electron chi connectivity index (χ0n) is 16.8. The molecule has 2 nitrogen and oxygen atoms in total. The topological polar surface area (TPSA) is 29.1 Å². The smallest absolute Gasteiger partial charge is 0.195 e. The van der Waals surface area contributed by atoms with Gasteiger partial charge in [-0.25, -0.2) is 0 Å². The number of carbonyl (C=O) groups excluding carboxylic acids is 1. The predicted molar refractivity (Wildman–Crippen MR) is 126 cm³/mol. The van der Waals surface area contributed by atoms with E-state index in [4.69, 9.17) is 0 Å². The second-order valence-corrected chi connectivity index (χ2v) is 7.94. The molecule has 0 saturated carbocycles. The number of nitrogens with one attached hydrogen (secondary N) is 1. The van der Waals surface area contributed by atoms with Crippen molar-refractivity contribution in [3.05, 3.63) is 130 Å². The number of thiophene rings is 1. The van der Waals surface area contributed by atoms with Crippen LogP contribution in [0.2, 0.25) is 0 Å². The van der Waals surface area contributed by atoms with Crippen LogP contribution in [-0.4, -0.2) is 5.78 Å². The van der Waals surface area contributed by atoms with Crippen molar-refractivity contribution in [2.75, 3.05) is 0 Å². The Morgan fingerprint density at radius 2 is 1.43 bits per heavy atom. The number of ketones is 1. The second-order valence-electron chi connectivity index (χ2n) is 7.16. The Morgan fingerprint density at radius 3 is 2.07 bits per heavy atom. The average Bonchev–Trinajstić information content (AvgIpc) is 3.32. The van der Waals surface area contributed by atoms with Crippen LogP contribution >= 0.6 is 11.3 Å². The van der Waals surface area contributed by atoms with E-state index in [0.29, 0.717) is 17.7 Å². The zero-order chi connectivity index (χ0) is 20.8. The molecule has 0 aliphatic carbocycles. The molecule has 0 atom stereocenters. The first kappa shape index (κ1) is 19.9. The first-order valence-corrected chi connectivity index (χ1v) is 10.9. The summed E-state index contributed by atoms with van der Waals surface area (Å²) < 4.78 is 0. The lowest BCUT2D eigenvalue weighted by Crippen LogP contribution is -2.17. The molecular weight excluding hydrogens is 386 g/mol. The van der Waals surface area contributed by atoms with Gasteiger partial charge in [0.2, 0.25) is 0 Å². The second kappa shape index (κ2) is 9.38. The third kappa shape index (κ3) is 4.58. The normalized spacial score (nSPS) is 11.6. The molecule has 0 aliphatic heterocycles. The van der Waals surface area contributed by atoms with Crippen LogP contribution in [0.1, 0.15) is 32.6 Å². The van der Waals surface area contributed by atoms with E-state index < -0.39 is 0 Å². The van der Waals surface area contributed by atoms with Gasteiger partial charge in [-0.15, -0.1) is 0 Å². The summed E-state index contributed by atoms with van der Waals surface area (Å²) in [5, 5.41) is 7.62. The van der Waals surface area contributed by atoms with E-state index in [1.807, 2.05) is 65.4 Å². The monoisotopic (exact) mass is 409 g/mol. The molecule has 4 aromatic rings. The molecule has 0 radical (unpaired) electrons. The molecule has 3 heteroatoms. The molecule has 0 aliphatic rings. The molecule has 1 aromatic heterocycles. The van der Waals surface area contributed by atoms with Crippen molar-refractivity contribution in [1.82, 2.24) is 5.32 Å². The fourth-order valence-corrected chi connectivity index (χ4v) is 4.02. The standard InChI is InChI=1S/C27H23NOS/c1-20-12-14-22(15-13-20)26(28-18-21-8-4-2-5-9-21)25(24-16-17-30-19-24)27(29)23-10-6-3-7-11-23/h2-17,19,28H,18H2,1H3/b26-25+. The molecule has 0 bridgehead atoms. The number of hydrogen-bond donors (Lipinski definition) is 1. The summed E-state index contributed by atoms with van der Waals surface area (Å²) in [7, 11) is 0. The van der Waals surface area contributed by atoms with Crippen molar-refractivity contribution in [2.24, 2.45) is 0 Å². The number of rotatable bonds is 7. The van der Waals surface area contributed by atoms with Crippen LogP contribution in [0, 0.1) is 6.92 Å². The fourth-order valence-electron chi connectivity index (χ4n) is 3.37. The number of Topliss-reactive ketones (excluding diaryl/α,β-unsaturated/α-hetero) is 1. The highest BCUT2D eigenvalue weighted by atomic mass is 32.1. The van der Waals surface area contributed by atoms with E-state index in [2.05, 4.69) is 48.6 Å². The lowest BCUT2D eigenvalue weighted by Gasteiger charge is -2.18. The van der Waals surface area contributed by atoms with Gasteiger partial charge in [0.05, 0.1) is 11.3 Å². The Hall–Kier alpha value is -3.43. The number of carbonyl (C=O) groups is 1. The van der Waals surface area contributed by atoms with Crippen molar-refractivity contribution in [1.29, 1.82) is 0 Å².